The smallest absolute Gasteiger partial charge is 0.267 e. The monoisotopic (exact) mass is 521 g/mol. The lowest BCUT2D eigenvalue weighted by molar-refractivity contribution is -0.122. The molecule has 186 valence electrons. The average molecular weight is 522 g/mol. The number of pyridine rings is 1. The number of amides is 1. The van der Waals surface area contributed by atoms with Crippen molar-refractivity contribution in [3.63, 3.8) is 0 Å². The Morgan fingerprint density at radius 2 is 1.92 bits per heavy atom. The van der Waals surface area contributed by atoms with Gasteiger partial charge in [-0.15, -0.1) is 0 Å². The largest absolute Gasteiger partial charge is 0.379 e. The van der Waals surface area contributed by atoms with Crippen molar-refractivity contribution < 1.29 is 9.53 Å². The second-order valence-corrected chi connectivity index (χ2v) is 10.4. The Bertz CT molecular complexity index is 1380. The molecule has 0 spiro atoms. The number of morpholine rings is 1. The van der Waals surface area contributed by atoms with E-state index in [0.717, 1.165) is 44.0 Å². The molecule has 2 aromatic heterocycles. The number of carbonyl (C=O) groups excluding carboxylic acids is 1. The zero-order chi connectivity index (χ0) is 25.1. The standard InChI is InChI=1S/C26H27N5O3S2/c1-18-6-5-10-30-23(18)28-22(27-9-11-29-12-14-34-15-13-29)20(24(30)32)16-21-25(33)31(26(35)36-21)17-19-7-3-2-4-8-19/h2-8,10,16,27H,9,11-15,17H2,1H3. The van der Waals surface area contributed by atoms with Gasteiger partial charge in [-0.25, -0.2) is 4.98 Å². The Balaban J connectivity index is 1.46. The Morgan fingerprint density at radius 1 is 1.14 bits per heavy atom. The molecule has 0 aliphatic carbocycles. The molecule has 8 nitrogen and oxygen atoms in total. The van der Waals surface area contributed by atoms with Crippen molar-refractivity contribution in [1.29, 1.82) is 0 Å². The zero-order valence-corrected chi connectivity index (χ0v) is 21.6. The van der Waals surface area contributed by atoms with E-state index < -0.39 is 0 Å². The van der Waals surface area contributed by atoms with Crippen LogP contribution < -0.4 is 10.9 Å². The van der Waals surface area contributed by atoms with Gasteiger partial charge in [-0.05, 0) is 30.2 Å². The van der Waals surface area contributed by atoms with Gasteiger partial charge in [0.25, 0.3) is 11.5 Å². The molecule has 2 aliphatic rings. The van der Waals surface area contributed by atoms with Crippen molar-refractivity contribution in [2.75, 3.05) is 44.7 Å². The zero-order valence-electron chi connectivity index (χ0n) is 20.0. The number of aryl methyl sites for hydroxylation is 1. The molecule has 0 bridgehead atoms. The first-order chi connectivity index (χ1) is 17.5. The summed E-state index contributed by atoms with van der Waals surface area (Å²) in [4.78, 5) is 35.9. The lowest BCUT2D eigenvalue weighted by Crippen LogP contribution is -2.39. The Morgan fingerprint density at radius 3 is 2.69 bits per heavy atom. The van der Waals surface area contributed by atoms with Crippen LogP contribution in [0.15, 0.2) is 58.4 Å². The number of aromatic nitrogens is 2. The predicted molar refractivity (Wildman–Crippen MR) is 147 cm³/mol. The Labute approximate surface area is 219 Å². The fourth-order valence-electron chi connectivity index (χ4n) is 4.27. The molecule has 1 amide bonds. The molecule has 0 atom stereocenters. The minimum absolute atomic E-state index is 0.207. The van der Waals surface area contributed by atoms with Crippen LogP contribution in [0.25, 0.3) is 11.7 Å². The van der Waals surface area contributed by atoms with E-state index >= 15 is 0 Å². The summed E-state index contributed by atoms with van der Waals surface area (Å²) in [5.41, 5.74) is 2.59. The van der Waals surface area contributed by atoms with E-state index in [1.54, 1.807) is 17.2 Å². The second-order valence-electron chi connectivity index (χ2n) is 8.70. The summed E-state index contributed by atoms with van der Waals surface area (Å²) in [6, 6.07) is 13.5. The lowest BCUT2D eigenvalue weighted by atomic mass is 10.2. The number of rotatable bonds is 7. The molecule has 1 aromatic carbocycles. The van der Waals surface area contributed by atoms with Crippen molar-refractivity contribution in [3.8, 4) is 0 Å². The van der Waals surface area contributed by atoms with Crippen LogP contribution in [-0.2, 0) is 16.1 Å². The summed E-state index contributed by atoms with van der Waals surface area (Å²) in [7, 11) is 0. The molecule has 36 heavy (non-hydrogen) atoms. The highest BCUT2D eigenvalue weighted by molar-refractivity contribution is 8.26. The number of carbonyl (C=O) groups is 1. The first-order valence-corrected chi connectivity index (χ1v) is 13.1. The van der Waals surface area contributed by atoms with Crippen LogP contribution in [0.1, 0.15) is 16.7 Å². The van der Waals surface area contributed by atoms with Crippen LogP contribution in [-0.4, -0.2) is 68.8 Å². The van der Waals surface area contributed by atoms with Gasteiger partial charge in [0.1, 0.15) is 15.8 Å². The van der Waals surface area contributed by atoms with Gasteiger partial charge in [-0.2, -0.15) is 0 Å². The summed E-state index contributed by atoms with van der Waals surface area (Å²) in [6.45, 7) is 6.95. The topological polar surface area (TPSA) is 79.2 Å². The highest BCUT2D eigenvalue weighted by atomic mass is 32.2. The van der Waals surface area contributed by atoms with Crippen LogP contribution in [0.3, 0.4) is 0 Å². The number of thioether (sulfide) groups is 1. The van der Waals surface area contributed by atoms with Crippen molar-refractivity contribution in [3.05, 3.63) is 80.6 Å². The summed E-state index contributed by atoms with van der Waals surface area (Å²) < 4.78 is 7.43. The number of ether oxygens (including phenoxy) is 1. The third-order valence-electron chi connectivity index (χ3n) is 6.24. The molecular weight excluding hydrogens is 494 g/mol. The van der Waals surface area contributed by atoms with Crippen LogP contribution in [0.4, 0.5) is 5.82 Å². The van der Waals surface area contributed by atoms with E-state index in [1.165, 1.54) is 16.2 Å². The maximum absolute atomic E-state index is 13.6. The lowest BCUT2D eigenvalue weighted by Gasteiger charge is -2.26. The van der Waals surface area contributed by atoms with Crippen LogP contribution >= 0.6 is 24.0 Å². The number of fused-ring (bicyclic) bond motifs is 1. The average Bonchev–Trinajstić information content (AvgIpc) is 3.15. The fourth-order valence-corrected chi connectivity index (χ4v) is 5.50. The van der Waals surface area contributed by atoms with Crippen LogP contribution in [0, 0.1) is 6.92 Å². The van der Waals surface area contributed by atoms with E-state index in [9.17, 15) is 9.59 Å². The van der Waals surface area contributed by atoms with Gasteiger partial charge in [0, 0.05) is 32.4 Å². The molecule has 2 fully saturated rings. The van der Waals surface area contributed by atoms with Gasteiger partial charge >= 0.3 is 0 Å². The number of hydrogen-bond donors (Lipinski definition) is 1. The Hall–Kier alpha value is -3.05. The predicted octanol–water partition coefficient (Wildman–Crippen LogP) is 3.15. The van der Waals surface area contributed by atoms with Crippen LogP contribution in [0.5, 0.6) is 0 Å². The number of benzene rings is 1. The SMILES string of the molecule is Cc1cccn2c(=O)c(C=C3SC(=S)N(Cc4ccccc4)C3=O)c(NCCN3CCOCC3)nc12. The first kappa shape index (κ1) is 24.6. The summed E-state index contributed by atoms with van der Waals surface area (Å²) in [6.07, 6.45) is 3.33. The minimum Gasteiger partial charge on any atom is -0.379 e. The van der Waals surface area contributed by atoms with Crippen molar-refractivity contribution in [2.45, 2.75) is 13.5 Å². The van der Waals surface area contributed by atoms with Gasteiger partial charge in [-0.3, -0.25) is 23.8 Å². The van der Waals surface area contributed by atoms with E-state index in [0.29, 0.717) is 39.3 Å². The quantitative estimate of drug-likeness (QED) is 0.375. The molecule has 4 heterocycles. The number of anilines is 1. The molecule has 2 saturated heterocycles. The van der Waals surface area contributed by atoms with Crippen molar-refractivity contribution in [1.82, 2.24) is 19.2 Å². The van der Waals surface area contributed by atoms with Gasteiger partial charge < -0.3 is 10.1 Å². The highest BCUT2D eigenvalue weighted by Gasteiger charge is 2.32. The molecule has 0 radical (unpaired) electrons. The molecule has 2 aliphatic heterocycles. The maximum atomic E-state index is 13.6. The van der Waals surface area contributed by atoms with Gasteiger partial charge in [0.2, 0.25) is 0 Å². The van der Waals surface area contributed by atoms with E-state index in [-0.39, 0.29) is 11.5 Å². The second kappa shape index (κ2) is 10.9. The van der Waals surface area contributed by atoms with E-state index in [1.807, 2.05) is 49.4 Å². The molecule has 0 saturated carbocycles. The third kappa shape index (κ3) is 5.22. The van der Waals surface area contributed by atoms with Crippen LogP contribution in [0.2, 0.25) is 0 Å². The van der Waals surface area contributed by atoms with Gasteiger partial charge in [0.15, 0.2) is 0 Å². The minimum atomic E-state index is -0.231. The highest BCUT2D eigenvalue weighted by Crippen LogP contribution is 2.34. The molecule has 10 heteroatoms. The summed E-state index contributed by atoms with van der Waals surface area (Å²) in [5, 5.41) is 3.35. The third-order valence-corrected chi connectivity index (χ3v) is 7.62. The van der Waals surface area contributed by atoms with E-state index in [4.69, 9.17) is 21.9 Å². The maximum Gasteiger partial charge on any atom is 0.267 e. The van der Waals surface area contributed by atoms with Gasteiger partial charge in [-0.1, -0.05) is 60.4 Å². The molecule has 5 rings (SSSR count). The van der Waals surface area contributed by atoms with Crippen molar-refractivity contribution in [2.24, 2.45) is 0 Å². The summed E-state index contributed by atoms with van der Waals surface area (Å²) in [5.74, 6) is 0.262. The Kier molecular flexibility index (Phi) is 7.47. The molecular formula is C26H27N5O3S2. The number of hydrogen-bond acceptors (Lipinski definition) is 8. The first-order valence-electron chi connectivity index (χ1n) is 11.9. The number of nitrogens with zero attached hydrogens (tertiary/aromatic N) is 4. The summed E-state index contributed by atoms with van der Waals surface area (Å²) >= 11 is 6.72. The van der Waals surface area contributed by atoms with Gasteiger partial charge in [0.05, 0.1) is 30.2 Å². The molecule has 1 N–H and O–H groups in total. The normalized spacial score (nSPS) is 17.9. The van der Waals surface area contributed by atoms with Crippen molar-refractivity contribution >= 4 is 51.7 Å². The fraction of sp³-hybridized carbons (Fsp3) is 0.308. The number of thiocarbonyl (C=S) groups is 1. The number of nitrogens with one attached hydrogen (secondary N) is 1. The molecule has 3 aromatic rings. The van der Waals surface area contributed by atoms with E-state index in [2.05, 4.69) is 10.2 Å². The molecule has 0 unspecified atom stereocenters.